The second-order valence-corrected chi connectivity index (χ2v) is 6.09. The molecule has 0 saturated carbocycles. The molecule has 0 saturated heterocycles. The number of hydrogen-bond acceptors (Lipinski definition) is 6. The van der Waals surface area contributed by atoms with E-state index < -0.39 is 36.4 Å². The molecule has 2 N–H and O–H groups in total. The molecule has 0 spiro atoms. The van der Waals surface area contributed by atoms with Crippen LogP contribution in [0.15, 0.2) is 58.3 Å². The number of carbonyl (C=O) groups is 3. The average Bonchev–Trinajstić information content (AvgIpc) is 3.22. The number of hydrogen-bond donors (Lipinski definition) is 2. The fraction of sp³-hybridized carbons (Fsp3) is 0.250. The minimum absolute atomic E-state index is 0.0556. The monoisotopic (exact) mass is 402 g/mol. The van der Waals surface area contributed by atoms with Crippen molar-refractivity contribution in [1.29, 1.82) is 0 Å². The van der Waals surface area contributed by atoms with Crippen LogP contribution in [0.4, 0.5) is 9.18 Å². The van der Waals surface area contributed by atoms with E-state index in [9.17, 15) is 18.8 Å². The van der Waals surface area contributed by atoms with Gasteiger partial charge in [-0.1, -0.05) is 18.2 Å². The lowest BCUT2D eigenvalue weighted by Crippen LogP contribution is -2.47. The summed E-state index contributed by atoms with van der Waals surface area (Å²) in [6.07, 6.45) is 1.11. The molecular weight excluding hydrogens is 383 g/mol. The van der Waals surface area contributed by atoms with Gasteiger partial charge in [0.1, 0.15) is 24.2 Å². The van der Waals surface area contributed by atoms with Crippen molar-refractivity contribution in [3.8, 4) is 0 Å². The highest BCUT2D eigenvalue weighted by molar-refractivity contribution is 5.95. The molecule has 9 heteroatoms. The number of furan rings is 1. The first-order valence-corrected chi connectivity index (χ1v) is 8.89. The quantitative estimate of drug-likeness (QED) is 0.689. The lowest BCUT2D eigenvalue weighted by atomic mass is 10.0. The highest BCUT2D eigenvalue weighted by Gasteiger charge is 2.35. The molecule has 0 aliphatic carbocycles. The van der Waals surface area contributed by atoms with Crippen molar-refractivity contribution < 1.29 is 32.7 Å². The third-order valence-electron chi connectivity index (χ3n) is 4.15. The summed E-state index contributed by atoms with van der Waals surface area (Å²) >= 11 is 0. The minimum atomic E-state index is -0.905. The van der Waals surface area contributed by atoms with Gasteiger partial charge in [0, 0.05) is 0 Å². The molecule has 1 aromatic carbocycles. The van der Waals surface area contributed by atoms with Crippen molar-refractivity contribution >= 4 is 18.0 Å². The second-order valence-electron chi connectivity index (χ2n) is 6.09. The summed E-state index contributed by atoms with van der Waals surface area (Å²) in [5.74, 6) is -1.61. The van der Waals surface area contributed by atoms with E-state index in [-0.39, 0.29) is 29.9 Å². The Balaban J connectivity index is 1.81. The van der Waals surface area contributed by atoms with E-state index in [1.807, 2.05) is 0 Å². The lowest BCUT2D eigenvalue weighted by molar-refractivity contribution is -0.143. The molecule has 152 valence electrons. The molecular formula is C20H19FN2O6. The van der Waals surface area contributed by atoms with E-state index >= 15 is 0 Å². The molecule has 2 heterocycles. The van der Waals surface area contributed by atoms with Crippen molar-refractivity contribution in [1.82, 2.24) is 10.6 Å². The van der Waals surface area contributed by atoms with Gasteiger partial charge in [0.2, 0.25) is 0 Å². The molecule has 1 atom stereocenters. The van der Waals surface area contributed by atoms with Gasteiger partial charge in [-0.25, -0.2) is 14.0 Å². The molecule has 2 aromatic rings. The molecule has 0 bridgehead atoms. The van der Waals surface area contributed by atoms with Gasteiger partial charge < -0.3 is 24.5 Å². The molecule has 1 aromatic heterocycles. The summed E-state index contributed by atoms with van der Waals surface area (Å²) in [5, 5.41) is 5.04. The van der Waals surface area contributed by atoms with Crippen LogP contribution in [0.3, 0.4) is 0 Å². The highest BCUT2D eigenvalue weighted by Crippen LogP contribution is 2.28. The summed E-state index contributed by atoms with van der Waals surface area (Å²) in [6.45, 7) is 1.36. The van der Waals surface area contributed by atoms with E-state index in [0.717, 1.165) is 0 Å². The Hall–Kier alpha value is -3.62. The lowest BCUT2D eigenvalue weighted by Gasteiger charge is -2.27. The van der Waals surface area contributed by atoms with Gasteiger partial charge in [-0.05, 0) is 30.7 Å². The predicted molar refractivity (Wildman–Crippen MR) is 97.8 cm³/mol. The zero-order valence-electron chi connectivity index (χ0n) is 15.6. The van der Waals surface area contributed by atoms with Crippen molar-refractivity contribution in [3.05, 3.63) is 71.1 Å². The molecule has 0 fully saturated rings. The van der Waals surface area contributed by atoms with Crippen LogP contribution < -0.4 is 10.6 Å². The maximum absolute atomic E-state index is 13.7. The van der Waals surface area contributed by atoms with Crippen molar-refractivity contribution in [2.45, 2.75) is 19.4 Å². The standard InChI is InChI=1S/C20H19FN2O6/c1-2-27-19(25)17-14(22-20(26)23-18(17)15-8-5-9-28-15)11-29-16(24)10-12-6-3-4-7-13(12)21/h3-9,18H,2,10-11H2,1H3,(H2,22,23,26). The molecule has 0 radical (unpaired) electrons. The summed E-state index contributed by atoms with van der Waals surface area (Å²) in [7, 11) is 0. The number of nitrogens with one attached hydrogen (secondary N) is 2. The Bertz CT molecular complexity index is 938. The summed E-state index contributed by atoms with van der Waals surface area (Å²) < 4.78 is 29.3. The number of amides is 2. The number of halogens is 1. The average molecular weight is 402 g/mol. The number of urea groups is 1. The third kappa shape index (κ3) is 4.81. The topological polar surface area (TPSA) is 107 Å². The summed E-state index contributed by atoms with van der Waals surface area (Å²) in [6, 6.07) is 7.54. The second kappa shape index (κ2) is 9.05. The first-order valence-electron chi connectivity index (χ1n) is 8.89. The van der Waals surface area contributed by atoms with Gasteiger partial charge >= 0.3 is 18.0 Å². The normalized spacial score (nSPS) is 16.1. The van der Waals surface area contributed by atoms with Gasteiger partial charge in [0.05, 0.1) is 30.6 Å². The first-order chi connectivity index (χ1) is 14.0. The van der Waals surface area contributed by atoms with Gasteiger partial charge in [-0.2, -0.15) is 0 Å². The number of ether oxygens (including phenoxy) is 2. The van der Waals surface area contributed by atoms with Crippen LogP contribution in [0, 0.1) is 5.82 Å². The third-order valence-corrected chi connectivity index (χ3v) is 4.15. The van der Waals surface area contributed by atoms with E-state index in [1.54, 1.807) is 25.1 Å². The fourth-order valence-electron chi connectivity index (χ4n) is 2.85. The smallest absolute Gasteiger partial charge is 0.338 e. The molecule has 29 heavy (non-hydrogen) atoms. The molecule has 1 aliphatic rings. The molecule has 1 aliphatic heterocycles. The summed E-state index contributed by atoms with van der Waals surface area (Å²) in [5.41, 5.74) is 0.301. The SMILES string of the molecule is CCOC(=O)C1=C(COC(=O)Cc2ccccc2F)NC(=O)NC1c1ccco1. The highest BCUT2D eigenvalue weighted by atomic mass is 19.1. The van der Waals surface area contributed by atoms with Crippen molar-refractivity contribution in [2.24, 2.45) is 0 Å². The van der Waals surface area contributed by atoms with Crippen LogP contribution in [-0.2, 0) is 25.5 Å². The Labute approximate surface area is 165 Å². The number of carbonyl (C=O) groups excluding carboxylic acids is 3. The molecule has 2 amide bonds. The zero-order chi connectivity index (χ0) is 20.8. The minimum Gasteiger partial charge on any atom is -0.467 e. The molecule has 1 unspecified atom stereocenters. The molecule has 3 rings (SSSR count). The Morgan fingerprint density at radius 1 is 1.17 bits per heavy atom. The first kappa shape index (κ1) is 20.1. The van der Waals surface area contributed by atoms with Crippen LogP contribution in [-0.4, -0.2) is 31.2 Å². The van der Waals surface area contributed by atoms with E-state index in [0.29, 0.717) is 5.76 Å². The largest absolute Gasteiger partial charge is 0.467 e. The maximum Gasteiger partial charge on any atom is 0.338 e. The van der Waals surface area contributed by atoms with Gasteiger partial charge in [-0.3, -0.25) is 4.79 Å². The van der Waals surface area contributed by atoms with Gasteiger partial charge in [0.15, 0.2) is 0 Å². The van der Waals surface area contributed by atoms with Crippen molar-refractivity contribution in [2.75, 3.05) is 13.2 Å². The Morgan fingerprint density at radius 3 is 2.66 bits per heavy atom. The van der Waals surface area contributed by atoms with E-state index in [1.165, 1.54) is 24.5 Å². The van der Waals surface area contributed by atoms with Crippen molar-refractivity contribution in [3.63, 3.8) is 0 Å². The summed E-state index contributed by atoms with van der Waals surface area (Å²) in [4.78, 5) is 36.7. The zero-order valence-corrected chi connectivity index (χ0v) is 15.6. The maximum atomic E-state index is 13.7. The van der Waals surface area contributed by atoms with Crippen LogP contribution in [0.2, 0.25) is 0 Å². The fourth-order valence-corrected chi connectivity index (χ4v) is 2.85. The van der Waals surface area contributed by atoms with E-state index in [2.05, 4.69) is 10.6 Å². The molecule has 8 nitrogen and oxygen atoms in total. The number of benzene rings is 1. The van der Waals surface area contributed by atoms with Crippen LogP contribution in [0.5, 0.6) is 0 Å². The number of esters is 2. The Kier molecular flexibility index (Phi) is 6.28. The van der Waals surface area contributed by atoms with Gasteiger partial charge in [0.25, 0.3) is 0 Å². The van der Waals surface area contributed by atoms with Crippen LogP contribution in [0.25, 0.3) is 0 Å². The van der Waals surface area contributed by atoms with Crippen LogP contribution >= 0.6 is 0 Å². The van der Waals surface area contributed by atoms with E-state index in [4.69, 9.17) is 13.9 Å². The predicted octanol–water partition coefficient (Wildman–Crippen LogP) is 2.38. The Morgan fingerprint density at radius 2 is 1.97 bits per heavy atom. The van der Waals surface area contributed by atoms with Crippen LogP contribution in [0.1, 0.15) is 24.3 Å². The van der Waals surface area contributed by atoms with Gasteiger partial charge in [-0.15, -0.1) is 0 Å². The number of rotatable bonds is 7.